The van der Waals surface area contributed by atoms with Crippen molar-refractivity contribution < 1.29 is 9.90 Å². The summed E-state index contributed by atoms with van der Waals surface area (Å²) in [6.07, 6.45) is 2.13. The van der Waals surface area contributed by atoms with Crippen molar-refractivity contribution in [3.05, 3.63) is 35.4 Å². The molecule has 1 aromatic carbocycles. The maximum Gasteiger partial charge on any atom is 0.244 e. The number of rotatable bonds is 4. The lowest BCUT2D eigenvalue weighted by molar-refractivity contribution is -0.139. The third kappa shape index (κ3) is 3.97. The number of hydrogen-bond donors (Lipinski definition) is 2. The summed E-state index contributed by atoms with van der Waals surface area (Å²) >= 11 is 0. The average Bonchev–Trinajstić information content (AvgIpc) is 2.64. The van der Waals surface area contributed by atoms with Crippen LogP contribution in [0.25, 0.3) is 0 Å². The van der Waals surface area contributed by atoms with Crippen LogP contribution in [0.5, 0.6) is 0 Å². The molecule has 0 saturated carbocycles. The highest BCUT2D eigenvalue weighted by Gasteiger charge is 2.33. The Balaban J connectivity index is 1.81. The first kappa shape index (κ1) is 17.4. The predicted molar refractivity (Wildman–Crippen MR) is 94.8 cm³/mol. The third-order valence-corrected chi connectivity index (χ3v) is 5.23. The largest absolute Gasteiger partial charge is 0.393 e. The number of piperazine rings is 1. The highest BCUT2D eigenvalue weighted by atomic mass is 16.3. The summed E-state index contributed by atoms with van der Waals surface area (Å²) in [5, 5.41) is 13.1. The molecule has 2 aliphatic heterocycles. The van der Waals surface area contributed by atoms with Gasteiger partial charge in [-0.05, 0) is 30.4 Å². The molecule has 2 fully saturated rings. The normalized spacial score (nSPS) is 21.7. The number of aliphatic hydroxyl groups excluding tert-OH is 1. The molecule has 24 heavy (non-hydrogen) atoms. The molecule has 0 bridgehead atoms. The zero-order valence-corrected chi connectivity index (χ0v) is 14.6. The number of aryl methyl sites for hydroxylation is 1. The molecular formula is C19H29N3O2. The molecule has 1 aromatic rings. The first-order chi connectivity index (χ1) is 11.7. The van der Waals surface area contributed by atoms with Gasteiger partial charge in [0.25, 0.3) is 0 Å². The molecule has 2 heterocycles. The summed E-state index contributed by atoms with van der Waals surface area (Å²) < 4.78 is 0. The molecule has 1 unspecified atom stereocenters. The Labute approximate surface area is 144 Å². The van der Waals surface area contributed by atoms with Crippen molar-refractivity contribution >= 4 is 5.91 Å². The standard InChI is InChI=1S/C19H29N3O2/c1-2-15-3-5-16(6-4-15)18(21-13-9-20-10-14-21)19(24)22-11-7-17(23)8-12-22/h3-6,17-18,20,23H,2,7-14H2,1H3. The third-order valence-electron chi connectivity index (χ3n) is 5.23. The average molecular weight is 331 g/mol. The molecule has 0 aromatic heterocycles. The molecule has 1 atom stereocenters. The van der Waals surface area contributed by atoms with Gasteiger partial charge in [0.2, 0.25) is 5.91 Å². The number of benzene rings is 1. The van der Waals surface area contributed by atoms with E-state index in [-0.39, 0.29) is 18.1 Å². The van der Waals surface area contributed by atoms with Gasteiger partial charge < -0.3 is 15.3 Å². The number of aliphatic hydroxyl groups is 1. The fourth-order valence-corrected chi connectivity index (χ4v) is 3.64. The van der Waals surface area contributed by atoms with Crippen LogP contribution < -0.4 is 5.32 Å². The van der Waals surface area contributed by atoms with Crippen molar-refractivity contribution in [2.75, 3.05) is 39.3 Å². The minimum atomic E-state index is -0.254. The van der Waals surface area contributed by atoms with E-state index in [0.717, 1.165) is 38.2 Å². The van der Waals surface area contributed by atoms with Crippen LogP contribution in [0.1, 0.15) is 36.9 Å². The van der Waals surface area contributed by atoms with Gasteiger partial charge in [-0.2, -0.15) is 0 Å². The lowest BCUT2D eigenvalue weighted by Gasteiger charge is -2.39. The molecule has 0 spiro atoms. The maximum atomic E-state index is 13.2. The lowest BCUT2D eigenvalue weighted by Crippen LogP contribution is -2.51. The molecule has 5 heteroatoms. The Hall–Kier alpha value is -1.43. The van der Waals surface area contributed by atoms with Gasteiger partial charge in [0.05, 0.1) is 6.10 Å². The van der Waals surface area contributed by atoms with Crippen LogP contribution in [0.15, 0.2) is 24.3 Å². The van der Waals surface area contributed by atoms with Crippen LogP contribution in [-0.2, 0) is 11.2 Å². The van der Waals surface area contributed by atoms with Gasteiger partial charge in [-0.3, -0.25) is 9.69 Å². The topological polar surface area (TPSA) is 55.8 Å². The Morgan fingerprint density at radius 3 is 2.38 bits per heavy atom. The SMILES string of the molecule is CCc1ccc(C(C(=O)N2CCC(O)CC2)N2CCNCC2)cc1. The van der Waals surface area contributed by atoms with E-state index in [4.69, 9.17) is 0 Å². The summed E-state index contributed by atoms with van der Waals surface area (Å²) in [6, 6.07) is 8.30. The van der Waals surface area contributed by atoms with E-state index >= 15 is 0 Å². The van der Waals surface area contributed by atoms with Crippen LogP contribution in [0.3, 0.4) is 0 Å². The zero-order chi connectivity index (χ0) is 16.9. The minimum absolute atomic E-state index is 0.188. The Morgan fingerprint density at radius 1 is 1.17 bits per heavy atom. The number of nitrogens with zero attached hydrogens (tertiary/aromatic N) is 2. The zero-order valence-electron chi connectivity index (χ0n) is 14.6. The molecule has 5 nitrogen and oxygen atoms in total. The van der Waals surface area contributed by atoms with Crippen molar-refractivity contribution in [3.8, 4) is 0 Å². The Morgan fingerprint density at radius 2 is 1.79 bits per heavy atom. The number of nitrogens with one attached hydrogen (secondary N) is 1. The van der Waals surface area contributed by atoms with Crippen molar-refractivity contribution in [2.24, 2.45) is 0 Å². The molecule has 3 rings (SSSR count). The van der Waals surface area contributed by atoms with Gasteiger partial charge in [-0.25, -0.2) is 0 Å². The summed E-state index contributed by atoms with van der Waals surface area (Å²) in [6.45, 7) is 7.11. The first-order valence-corrected chi connectivity index (χ1v) is 9.19. The van der Waals surface area contributed by atoms with Crippen LogP contribution in [-0.4, -0.2) is 66.2 Å². The molecule has 2 aliphatic rings. The van der Waals surface area contributed by atoms with E-state index in [2.05, 4.69) is 41.4 Å². The number of amides is 1. The first-order valence-electron chi connectivity index (χ1n) is 9.19. The second kappa shape index (κ2) is 8.10. The van der Waals surface area contributed by atoms with Crippen LogP contribution in [0.2, 0.25) is 0 Å². The smallest absolute Gasteiger partial charge is 0.244 e. The number of hydrogen-bond acceptors (Lipinski definition) is 4. The predicted octanol–water partition coefficient (Wildman–Crippen LogP) is 1.18. The number of likely N-dealkylation sites (tertiary alicyclic amines) is 1. The summed E-state index contributed by atoms with van der Waals surface area (Å²) in [5.41, 5.74) is 2.39. The number of carbonyl (C=O) groups is 1. The second-order valence-electron chi connectivity index (χ2n) is 6.84. The number of piperidine rings is 1. The van der Waals surface area contributed by atoms with Crippen LogP contribution >= 0.6 is 0 Å². The number of carbonyl (C=O) groups excluding carboxylic acids is 1. The second-order valence-corrected chi connectivity index (χ2v) is 6.84. The van der Waals surface area contributed by atoms with Gasteiger partial charge >= 0.3 is 0 Å². The monoisotopic (exact) mass is 331 g/mol. The summed E-state index contributed by atoms with van der Waals surface area (Å²) in [4.78, 5) is 17.5. The van der Waals surface area contributed by atoms with E-state index in [0.29, 0.717) is 25.9 Å². The van der Waals surface area contributed by atoms with Gasteiger partial charge in [0.1, 0.15) is 6.04 Å². The fraction of sp³-hybridized carbons (Fsp3) is 0.632. The van der Waals surface area contributed by atoms with Gasteiger partial charge in [-0.15, -0.1) is 0 Å². The van der Waals surface area contributed by atoms with Gasteiger partial charge in [0.15, 0.2) is 0 Å². The molecule has 1 amide bonds. The van der Waals surface area contributed by atoms with Crippen LogP contribution in [0.4, 0.5) is 0 Å². The summed E-state index contributed by atoms with van der Waals surface area (Å²) in [5.74, 6) is 0.188. The maximum absolute atomic E-state index is 13.2. The molecule has 0 aliphatic carbocycles. The highest BCUT2D eigenvalue weighted by molar-refractivity contribution is 5.83. The molecule has 132 valence electrons. The highest BCUT2D eigenvalue weighted by Crippen LogP contribution is 2.26. The fourth-order valence-electron chi connectivity index (χ4n) is 3.64. The van der Waals surface area contributed by atoms with Crippen molar-refractivity contribution in [3.63, 3.8) is 0 Å². The quantitative estimate of drug-likeness (QED) is 0.870. The lowest BCUT2D eigenvalue weighted by atomic mass is 9.99. The molecule has 2 N–H and O–H groups in total. The van der Waals surface area contributed by atoms with E-state index < -0.39 is 0 Å². The van der Waals surface area contributed by atoms with Crippen molar-refractivity contribution in [1.82, 2.24) is 15.1 Å². The Bertz CT molecular complexity index is 532. The van der Waals surface area contributed by atoms with E-state index in [1.54, 1.807) is 0 Å². The van der Waals surface area contributed by atoms with E-state index in [1.165, 1.54) is 5.56 Å². The van der Waals surface area contributed by atoms with E-state index in [9.17, 15) is 9.90 Å². The molecule has 0 radical (unpaired) electrons. The summed E-state index contributed by atoms with van der Waals surface area (Å²) in [7, 11) is 0. The van der Waals surface area contributed by atoms with Crippen molar-refractivity contribution in [2.45, 2.75) is 38.3 Å². The molecular weight excluding hydrogens is 302 g/mol. The van der Waals surface area contributed by atoms with Gasteiger partial charge in [-0.1, -0.05) is 31.2 Å². The van der Waals surface area contributed by atoms with E-state index in [1.807, 2.05) is 4.90 Å². The van der Waals surface area contributed by atoms with Crippen molar-refractivity contribution in [1.29, 1.82) is 0 Å². The Kier molecular flexibility index (Phi) is 5.87. The van der Waals surface area contributed by atoms with Gasteiger partial charge in [0, 0.05) is 39.3 Å². The minimum Gasteiger partial charge on any atom is -0.393 e. The molecule has 2 saturated heterocycles. The van der Waals surface area contributed by atoms with Crippen LogP contribution in [0, 0.1) is 0 Å².